The van der Waals surface area contributed by atoms with E-state index < -0.39 is 33.9 Å². The average molecular weight is 463 g/mol. The summed E-state index contributed by atoms with van der Waals surface area (Å²) in [4.78, 5) is 19.5. The molecule has 8 nitrogen and oxygen atoms in total. The van der Waals surface area contributed by atoms with Crippen molar-refractivity contribution in [2.24, 2.45) is 0 Å². The zero-order chi connectivity index (χ0) is 24.7. The molecule has 176 valence electrons. The molecule has 3 aromatic rings. The van der Waals surface area contributed by atoms with Crippen molar-refractivity contribution in [2.75, 3.05) is 17.7 Å². The number of halogens is 3. The van der Waals surface area contributed by atoms with Crippen LogP contribution in [0.3, 0.4) is 0 Å². The number of rotatable bonds is 7. The Kier molecular flexibility index (Phi) is 6.20. The molecule has 0 saturated heterocycles. The van der Waals surface area contributed by atoms with Gasteiger partial charge in [-0.05, 0) is 39.8 Å². The van der Waals surface area contributed by atoms with Crippen LogP contribution in [-0.4, -0.2) is 32.6 Å². The predicted molar refractivity (Wildman–Crippen MR) is 119 cm³/mol. The van der Waals surface area contributed by atoms with Gasteiger partial charge in [-0.2, -0.15) is 8.78 Å². The monoisotopic (exact) mass is 463 g/mol. The molecule has 0 aliphatic heterocycles. The van der Waals surface area contributed by atoms with E-state index in [1.54, 1.807) is 20.9 Å². The first-order valence-electron chi connectivity index (χ1n) is 10.1. The summed E-state index contributed by atoms with van der Waals surface area (Å²) in [6.45, 7) is 4.98. The van der Waals surface area contributed by atoms with Gasteiger partial charge in [0.1, 0.15) is 28.7 Å². The highest BCUT2D eigenvalue weighted by Gasteiger charge is 2.49. The number of nitro groups is 1. The van der Waals surface area contributed by atoms with Gasteiger partial charge in [0.05, 0.1) is 22.0 Å². The molecule has 0 aliphatic rings. The van der Waals surface area contributed by atoms with Crippen LogP contribution in [0.2, 0.25) is 0 Å². The van der Waals surface area contributed by atoms with Crippen LogP contribution in [0, 0.1) is 22.9 Å². The molecule has 3 rings (SSSR count). The third kappa shape index (κ3) is 4.40. The molecular formula is C22H24F3N5O3. The molecule has 1 atom stereocenters. The quantitative estimate of drug-likeness (QED) is 0.331. The molecule has 1 aromatic heterocycles. The molecule has 0 unspecified atom stereocenters. The zero-order valence-electron chi connectivity index (χ0n) is 18.7. The summed E-state index contributed by atoms with van der Waals surface area (Å²) >= 11 is 0. The Morgan fingerprint density at radius 3 is 2.45 bits per heavy atom. The third-order valence-electron chi connectivity index (χ3n) is 5.35. The average Bonchev–Trinajstić information content (AvgIpc) is 2.71. The Hall–Kier alpha value is -3.47. The van der Waals surface area contributed by atoms with Crippen molar-refractivity contribution in [1.29, 1.82) is 0 Å². The Balaban J connectivity index is 2.09. The van der Waals surface area contributed by atoms with Gasteiger partial charge < -0.3 is 15.7 Å². The molecule has 0 aliphatic carbocycles. The Labute approximate surface area is 188 Å². The number of fused-ring (bicyclic) bond motifs is 1. The largest absolute Gasteiger partial charge is 0.384 e. The molecule has 33 heavy (non-hydrogen) atoms. The van der Waals surface area contributed by atoms with E-state index in [9.17, 15) is 24.0 Å². The van der Waals surface area contributed by atoms with Crippen LogP contribution in [0.25, 0.3) is 10.9 Å². The fourth-order valence-corrected chi connectivity index (χ4v) is 3.48. The Morgan fingerprint density at radius 1 is 1.21 bits per heavy atom. The SMILES string of the molecule is CNc1cc2nc(C)nc(N[C@H](C)c3cccc(C(F)(F)C(C)(C)O)c3F)c2cc1[N+](=O)[O-]. The zero-order valence-corrected chi connectivity index (χ0v) is 18.7. The summed E-state index contributed by atoms with van der Waals surface area (Å²) < 4.78 is 44.4. The van der Waals surface area contributed by atoms with E-state index in [2.05, 4.69) is 20.6 Å². The van der Waals surface area contributed by atoms with Crippen molar-refractivity contribution >= 4 is 28.1 Å². The number of anilines is 2. The number of nitro benzene ring substituents is 1. The van der Waals surface area contributed by atoms with Crippen molar-refractivity contribution in [3.63, 3.8) is 0 Å². The van der Waals surface area contributed by atoms with Crippen molar-refractivity contribution < 1.29 is 23.2 Å². The fourth-order valence-electron chi connectivity index (χ4n) is 3.48. The van der Waals surface area contributed by atoms with Crippen LogP contribution in [0.5, 0.6) is 0 Å². The second-order valence-corrected chi connectivity index (χ2v) is 8.22. The second kappa shape index (κ2) is 8.47. The lowest BCUT2D eigenvalue weighted by Gasteiger charge is -2.30. The van der Waals surface area contributed by atoms with Crippen LogP contribution in [0.4, 0.5) is 30.4 Å². The molecule has 1 heterocycles. The van der Waals surface area contributed by atoms with Crippen LogP contribution in [0.1, 0.15) is 43.8 Å². The maximum absolute atomic E-state index is 15.2. The molecule has 0 amide bonds. The standard InChI is InChI=1S/C22H24F3N5O3/c1-11(13-7-6-8-15(19(13)23)22(24,25)21(3,4)31)27-20-14-9-18(30(32)33)17(26-5)10-16(14)28-12(2)29-20/h6-11,26,31H,1-5H3,(H,27,28,29)/t11-/m1/s1. The molecule has 0 spiro atoms. The molecule has 0 saturated carbocycles. The van der Waals surface area contributed by atoms with Gasteiger partial charge in [0.15, 0.2) is 0 Å². The number of hydrogen-bond acceptors (Lipinski definition) is 7. The number of aliphatic hydroxyl groups is 1. The van der Waals surface area contributed by atoms with E-state index in [1.165, 1.54) is 24.3 Å². The van der Waals surface area contributed by atoms with Gasteiger partial charge in [0, 0.05) is 24.1 Å². The van der Waals surface area contributed by atoms with Gasteiger partial charge in [-0.3, -0.25) is 10.1 Å². The maximum atomic E-state index is 15.2. The number of nitrogens with zero attached hydrogens (tertiary/aromatic N) is 3. The lowest BCUT2D eigenvalue weighted by Crippen LogP contribution is -2.41. The summed E-state index contributed by atoms with van der Waals surface area (Å²) in [5.41, 5.74) is -3.02. The first-order valence-corrected chi connectivity index (χ1v) is 10.1. The van der Waals surface area contributed by atoms with Crippen LogP contribution in [0.15, 0.2) is 30.3 Å². The predicted octanol–water partition coefficient (Wildman–Crippen LogP) is 5.06. The van der Waals surface area contributed by atoms with Gasteiger partial charge >= 0.3 is 5.92 Å². The lowest BCUT2D eigenvalue weighted by molar-refractivity contribution is -0.383. The lowest BCUT2D eigenvalue weighted by atomic mass is 9.91. The first-order chi connectivity index (χ1) is 15.3. The topological polar surface area (TPSA) is 113 Å². The van der Waals surface area contributed by atoms with E-state index in [0.29, 0.717) is 16.7 Å². The summed E-state index contributed by atoms with van der Waals surface area (Å²) in [5.74, 6) is -4.45. The van der Waals surface area contributed by atoms with Gasteiger partial charge in [-0.15, -0.1) is 0 Å². The highest BCUT2D eigenvalue weighted by molar-refractivity contribution is 5.94. The van der Waals surface area contributed by atoms with E-state index in [1.807, 2.05) is 0 Å². The summed E-state index contributed by atoms with van der Waals surface area (Å²) in [7, 11) is 1.54. The van der Waals surface area contributed by atoms with Crippen LogP contribution >= 0.6 is 0 Å². The number of nitrogens with one attached hydrogen (secondary N) is 2. The molecule has 3 N–H and O–H groups in total. The molecule has 0 radical (unpaired) electrons. The molecule has 2 aromatic carbocycles. The van der Waals surface area contributed by atoms with Crippen LogP contribution in [-0.2, 0) is 5.92 Å². The second-order valence-electron chi connectivity index (χ2n) is 8.22. The number of aromatic nitrogens is 2. The summed E-state index contributed by atoms with van der Waals surface area (Å²) in [6, 6.07) is 5.50. The minimum atomic E-state index is -3.84. The van der Waals surface area contributed by atoms with E-state index in [4.69, 9.17) is 0 Å². The summed E-state index contributed by atoms with van der Waals surface area (Å²) in [5, 5.41) is 27.3. The number of alkyl halides is 2. The van der Waals surface area contributed by atoms with E-state index in [-0.39, 0.29) is 22.8 Å². The van der Waals surface area contributed by atoms with Gasteiger partial charge in [-0.1, -0.05) is 12.1 Å². The Bertz CT molecular complexity index is 1230. The van der Waals surface area contributed by atoms with E-state index >= 15 is 4.39 Å². The molecule has 0 bridgehead atoms. The van der Waals surface area contributed by atoms with Crippen molar-refractivity contribution in [1.82, 2.24) is 9.97 Å². The molecule has 11 heteroatoms. The number of aryl methyl sites for hydroxylation is 1. The van der Waals surface area contributed by atoms with Gasteiger partial charge in [0.2, 0.25) is 0 Å². The Morgan fingerprint density at radius 2 is 1.88 bits per heavy atom. The fraction of sp³-hybridized carbons (Fsp3) is 0.364. The van der Waals surface area contributed by atoms with E-state index in [0.717, 1.165) is 19.9 Å². The molecular weight excluding hydrogens is 439 g/mol. The number of benzene rings is 2. The third-order valence-corrected chi connectivity index (χ3v) is 5.35. The van der Waals surface area contributed by atoms with Crippen molar-refractivity contribution in [2.45, 2.75) is 45.3 Å². The molecule has 0 fully saturated rings. The smallest absolute Gasteiger partial charge is 0.303 e. The minimum absolute atomic E-state index is 0.0813. The highest BCUT2D eigenvalue weighted by Crippen LogP contribution is 2.41. The van der Waals surface area contributed by atoms with Crippen molar-refractivity contribution in [3.8, 4) is 0 Å². The van der Waals surface area contributed by atoms with Crippen molar-refractivity contribution in [3.05, 3.63) is 63.2 Å². The van der Waals surface area contributed by atoms with Gasteiger partial charge in [-0.25, -0.2) is 14.4 Å². The van der Waals surface area contributed by atoms with Gasteiger partial charge in [0.25, 0.3) is 5.69 Å². The summed E-state index contributed by atoms with van der Waals surface area (Å²) in [6.07, 6.45) is 0. The maximum Gasteiger partial charge on any atom is 0.303 e. The minimum Gasteiger partial charge on any atom is -0.384 e. The normalized spacial score (nSPS) is 13.1. The highest BCUT2D eigenvalue weighted by atomic mass is 19.3. The first kappa shape index (κ1) is 24.2. The number of hydrogen-bond donors (Lipinski definition) is 3. The van der Waals surface area contributed by atoms with Crippen LogP contribution < -0.4 is 10.6 Å².